The molecule has 0 aromatic heterocycles. The zero-order valence-corrected chi connectivity index (χ0v) is 22.9. The Bertz CT molecular complexity index is 1150. The SMILES string of the molecule is CCC(C(=O)NC(C)C)N(Cc1ccc(OC)cc1)C(=O)CN(c1cc(C)ccc1OC)S(C)(=O)=O. The summed E-state index contributed by atoms with van der Waals surface area (Å²) in [5.41, 5.74) is 1.85. The zero-order chi connectivity index (χ0) is 27.0. The van der Waals surface area contributed by atoms with Crippen molar-refractivity contribution in [3.8, 4) is 11.5 Å². The highest BCUT2D eigenvalue weighted by Crippen LogP contribution is 2.31. The number of amides is 2. The molecule has 2 aromatic carbocycles. The molecule has 1 unspecified atom stereocenters. The van der Waals surface area contributed by atoms with E-state index < -0.39 is 28.5 Å². The van der Waals surface area contributed by atoms with Gasteiger partial charge in [-0.05, 0) is 62.6 Å². The third kappa shape index (κ3) is 7.61. The van der Waals surface area contributed by atoms with Gasteiger partial charge in [-0.1, -0.05) is 25.1 Å². The van der Waals surface area contributed by atoms with Crippen LogP contribution in [0.25, 0.3) is 0 Å². The Morgan fingerprint density at radius 3 is 2.17 bits per heavy atom. The van der Waals surface area contributed by atoms with E-state index in [2.05, 4.69) is 5.32 Å². The predicted molar refractivity (Wildman–Crippen MR) is 141 cm³/mol. The first-order chi connectivity index (χ1) is 16.9. The standard InChI is InChI=1S/C26H37N3O6S/c1-8-22(26(31)27-18(2)3)28(16-20-10-12-21(34-5)13-11-20)25(30)17-29(36(7,32)33)23-15-19(4)9-14-24(23)35-6/h9-15,18,22H,8,16-17H2,1-7H3,(H,27,31). The van der Waals surface area contributed by atoms with E-state index in [0.29, 0.717) is 17.9 Å². The van der Waals surface area contributed by atoms with Crippen LogP contribution in [0.5, 0.6) is 11.5 Å². The molecule has 36 heavy (non-hydrogen) atoms. The lowest BCUT2D eigenvalue weighted by molar-refractivity contribution is -0.140. The van der Waals surface area contributed by atoms with Gasteiger partial charge in [0.25, 0.3) is 0 Å². The van der Waals surface area contributed by atoms with Crippen LogP contribution in [0.2, 0.25) is 0 Å². The Kier molecular flexibility index (Phi) is 10.2. The fourth-order valence-electron chi connectivity index (χ4n) is 3.82. The predicted octanol–water partition coefficient (Wildman–Crippen LogP) is 3.11. The number of anilines is 1. The number of hydrogen-bond donors (Lipinski definition) is 1. The van der Waals surface area contributed by atoms with E-state index in [9.17, 15) is 18.0 Å². The minimum atomic E-state index is -3.86. The van der Waals surface area contributed by atoms with Crippen molar-refractivity contribution in [1.82, 2.24) is 10.2 Å². The molecule has 0 aliphatic carbocycles. The molecule has 2 aromatic rings. The average molecular weight is 520 g/mol. The minimum Gasteiger partial charge on any atom is -0.497 e. The quantitative estimate of drug-likeness (QED) is 0.462. The number of aryl methyl sites for hydroxylation is 1. The second-order valence-corrected chi connectivity index (χ2v) is 10.8. The summed E-state index contributed by atoms with van der Waals surface area (Å²) in [4.78, 5) is 28.2. The molecule has 9 nitrogen and oxygen atoms in total. The number of methoxy groups -OCH3 is 2. The van der Waals surface area contributed by atoms with Crippen molar-refractivity contribution in [2.45, 2.75) is 52.7 Å². The van der Waals surface area contributed by atoms with Crippen LogP contribution in [0.1, 0.15) is 38.3 Å². The smallest absolute Gasteiger partial charge is 0.244 e. The van der Waals surface area contributed by atoms with Crippen LogP contribution in [0.15, 0.2) is 42.5 Å². The largest absolute Gasteiger partial charge is 0.497 e. The Morgan fingerprint density at radius 2 is 1.67 bits per heavy atom. The molecule has 1 atom stereocenters. The first-order valence-electron chi connectivity index (χ1n) is 11.8. The van der Waals surface area contributed by atoms with Crippen molar-refractivity contribution >= 4 is 27.5 Å². The summed E-state index contributed by atoms with van der Waals surface area (Å²) in [5, 5.41) is 2.87. The van der Waals surface area contributed by atoms with Gasteiger partial charge in [0.1, 0.15) is 24.1 Å². The second-order valence-electron chi connectivity index (χ2n) is 8.90. The Morgan fingerprint density at radius 1 is 1.03 bits per heavy atom. The first kappa shape index (κ1) is 29.0. The maximum absolute atomic E-state index is 13.8. The highest BCUT2D eigenvalue weighted by molar-refractivity contribution is 7.92. The summed E-state index contributed by atoms with van der Waals surface area (Å²) in [5.74, 6) is 0.181. The van der Waals surface area contributed by atoms with E-state index in [1.54, 1.807) is 37.4 Å². The van der Waals surface area contributed by atoms with Gasteiger partial charge in [0.2, 0.25) is 21.8 Å². The lowest BCUT2D eigenvalue weighted by Crippen LogP contribution is -2.53. The maximum atomic E-state index is 13.8. The van der Waals surface area contributed by atoms with Gasteiger partial charge in [-0.15, -0.1) is 0 Å². The molecular weight excluding hydrogens is 482 g/mol. The van der Waals surface area contributed by atoms with Crippen molar-refractivity contribution < 1.29 is 27.5 Å². The average Bonchev–Trinajstić information content (AvgIpc) is 2.81. The summed E-state index contributed by atoms with van der Waals surface area (Å²) in [6.45, 7) is 6.96. The third-order valence-corrected chi connectivity index (χ3v) is 6.74. The summed E-state index contributed by atoms with van der Waals surface area (Å²) in [7, 11) is -0.857. The van der Waals surface area contributed by atoms with E-state index in [1.807, 2.05) is 39.8 Å². The number of benzene rings is 2. The Balaban J connectivity index is 2.50. The molecule has 0 fully saturated rings. The van der Waals surface area contributed by atoms with Crippen molar-refractivity contribution in [3.05, 3.63) is 53.6 Å². The topological polar surface area (TPSA) is 105 Å². The highest BCUT2D eigenvalue weighted by atomic mass is 32.2. The summed E-state index contributed by atoms with van der Waals surface area (Å²) in [6, 6.07) is 11.4. The molecule has 2 rings (SSSR count). The van der Waals surface area contributed by atoms with Gasteiger partial charge in [0.15, 0.2) is 0 Å². The van der Waals surface area contributed by atoms with Crippen LogP contribution < -0.4 is 19.1 Å². The van der Waals surface area contributed by atoms with Crippen LogP contribution in [-0.4, -0.2) is 64.2 Å². The van der Waals surface area contributed by atoms with E-state index >= 15 is 0 Å². The molecule has 2 amide bonds. The van der Waals surface area contributed by atoms with Crippen LogP contribution in [-0.2, 0) is 26.2 Å². The molecule has 0 spiro atoms. The molecular formula is C26H37N3O6S. The van der Waals surface area contributed by atoms with Crippen molar-refractivity contribution in [2.75, 3.05) is 31.3 Å². The Hall–Kier alpha value is -3.27. The molecule has 0 aliphatic heterocycles. The van der Waals surface area contributed by atoms with Gasteiger partial charge in [-0.25, -0.2) is 8.42 Å². The molecule has 0 radical (unpaired) electrons. The summed E-state index contributed by atoms with van der Waals surface area (Å²) in [6.07, 6.45) is 1.39. The fraction of sp³-hybridized carbons (Fsp3) is 0.462. The number of carbonyl (C=O) groups excluding carboxylic acids is 2. The molecule has 0 heterocycles. The van der Waals surface area contributed by atoms with Gasteiger partial charge in [0.05, 0.1) is 26.2 Å². The number of rotatable bonds is 12. The monoisotopic (exact) mass is 519 g/mol. The molecule has 198 valence electrons. The highest BCUT2D eigenvalue weighted by Gasteiger charge is 2.32. The number of sulfonamides is 1. The molecule has 1 N–H and O–H groups in total. The normalized spacial score (nSPS) is 12.1. The second kappa shape index (κ2) is 12.6. The lowest BCUT2D eigenvalue weighted by Gasteiger charge is -2.33. The van der Waals surface area contributed by atoms with E-state index in [-0.39, 0.29) is 24.2 Å². The number of ether oxygens (including phenoxy) is 2. The van der Waals surface area contributed by atoms with E-state index in [4.69, 9.17) is 9.47 Å². The maximum Gasteiger partial charge on any atom is 0.244 e. The van der Waals surface area contributed by atoms with E-state index in [0.717, 1.165) is 21.7 Å². The van der Waals surface area contributed by atoms with Gasteiger partial charge in [0, 0.05) is 12.6 Å². The van der Waals surface area contributed by atoms with Gasteiger partial charge >= 0.3 is 0 Å². The third-order valence-electron chi connectivity index (χ3n) is 5.61. The fourth-order valence-corrected chi connectivity index (χ4v) is 4.66. The van der Waals surface area contributed by atoms with Gasteiger partial charge in [-0.2, -0.15) is 0 Å². The number of carbonyl (C=O) groups is 2. The minimum absolute atomic E-state index is 0.117. The van der Waals surface area contributed by atoms with Gasteiger partial charge < -0.3 is 19.7 Å². The molecule has 10 heteroatoms. The van der Waals surface area contributed by atoms with Crippen LogP contribution in [0.3, 0.4) is 0 Å². The molecule has 0 bridgehead atoms. The number of nitrogens with zero attached hydrogens (tertiary/aromatic N) is 2. The molecule has 0 aliphatic rings. The van der Waals surface area contributed by atoms with Crippen molar-refractivity contribution in [2.24, 2.45) is 0 Å². The number of nitrogens with one attached hydrogen (secondary N) is 1. The number of hydrogen-bond acceptors (Lipinski definition) is 6. The molecule has 0 saturated carbocycles. The van der Waals surface area contributed by atoms with E-state index in [1.165, 1.54) is 12.0 Å². The van der Waals surface area contributed by atoms with Crippen molar-refractivity contribution in [1.29, 1.82) is 0 Å². The molecule has 0 saturated heterocycles. The lowest BCUT2D eigenvalue weighted by atomic mass is 10.1. The first-order valence-corrected chi connectivity index (χ1v) is 13.6. The van der Waals surface area contributed by atoms with Crippen molar-refractivity contribution in [3.63, 3.8) is 0 Å². The zero-order valence-electron chi connectivity index (χ0n) is 22.1. The summed E-state index contributed by atoms with van der Waals surface area (Å²) < 4.78 is 37.3. The summed E-state index contributed by atoms with van der Waals surface area (Å²) >= 11 is 0. The van der Waals surface area contributed by atoms with Gasteiger partial charge in [-0.3, -0.25) is 13.9 Å². The van der Waals surface area contributed by atoms with Crippen LogP contribution in [0, 0.1) is 6.92 Å². The van der Waals surface area contributed by atoms with Crippen LogP contribution in [0.4, 0.5) is 5.69 Å². The Labute approximate surface area is 214 Å². The van der Waals surface area contributed by atoms with Crippen LogP contribution >= 0.6 is 0 Å².